The Balaban J connectivity index is 2.52. The molecule has 2 aromatic heterocycles. The summed E-state index contributed by atoms with van der Waals surface area (Å²) in [6.07, 6.45) is 0. The van der Waals surface area contributed by atoms with Crippen LogP contribution in [0.25, 0.3) is 21.9 Å². The number of fused-ring (bicyclic) bond motifs is 2. The monoisotopic (exact) mass is 228 g/mol. The van der Waals surface area contributed by atoms with Crippen LogP contribution in [-0.2, 0) is 0 Å². The minimum absolute atomic E-state index is 0.295. The summed E-state index contributed by atoms with van der Waals surface area (Å²) >= 11 is 0. The Labute approximate surface area is 97.7 Å². The van der Waals surface area contributed by atoms with Crippen molar-refractivity contribution in [3.63, 3.8) is 0 Å². The highest BCUT2D eigenvalue weighted by molar-refractivity contribution is 5.95. The normalized spacial score (nSPS) is 11.5. The summed E-state index contributed by atoms with van der Waals surface area (Å²) < 4.78 is 10.8. The molecule has 0 aliphatic heterocycles. The second-order valence-electron chi connectivity index (χ2n) is 4.39. The zero-order valence-corrected chi connectivity index (χ0v) is 9.96. The van der Waals surface area contributed by atoms with Gasteiger partial charge in [0.25, 0.3) is 0 Å². The average Bonchev–Trinajstić information content (AvgIpc) is 2.54. The average molecular weight is 228 g/mol. The van der Waals surface area contributed by atoms with E-state index in [9.17, 15) is 4.79 Å². The minimum Gasteiger partial charge on any atom is -0.461 e. The molecule has 17 heavy (non-hydrogen) atoms. The number of furan rings is 1. The van der Waals surface area contributed by atoms with E-state index in [1.165, 1.54) is 0 Å². The molecular formula is C14H12O3. The summed E-state index contributed by atoms with van der Waals surface area (Å²) in [5.74, 6) is 0.898. The third kappa shape index (κ3) is 1.39. The Morgan fingerprint density at radius 2 is 1.71 bits per heavy atom. The van der Waals surface area contributed by atoms with Crippen LogP contribution in [0.1, 0.15) is 16.9 Å². The van der Waals surface area contributed by atoms with E-state index in [4.69, 9.17) is 8.83 Å². The summed E-state index contributed by atoms with van der Waals surface area (Å²) in [6, 6.07) is 5.64. The van der Waals surface area contributed by atoms with Crippen molar-refractivity contribution in [2.75, 3.05) is 0 Å². The van der Waals surface area contributed by atoms with Crippen LogP contribution in [0.15, 0.2) is 31.8 Å². The molecule has 0 saturated heterocycles. The van der Waals surface area contributed by atoms with Gasteiger partial charge >= 0.3 is 5.63 Å². The summed E-state index contributed by atoms with van der Waals surface area (Å²) in [7, 11) is 0. The number of aryl methyl sites for hydroxylation is 3. The maximum atomic E-state index is 11.4. The molecule has 3 heteroatoms. The van der Waals surface area contributed by atoms with Crippen LogP contribution in [0, 0.1) is 20.8 Å². The molecule has 0 saturated carbocycles. The van der Waals surface area contributed by atoms with E-state index < -0.39 is 0 Å². The van der Waals surface area contributed by atoms with Gasteiger partial charge in [-0.1, -0.05) is 0 Å². The molecule has 0 amide bonds. The van der Waals surface area contributed by atoms with Crippen molar-refractivity contribution in [2.45, 2.75) is 20.8 Å². The van der Waals surface area contributed by atoms with Gasteiger partial charge in [0.1, 0.15) is 16.9 Å². The second kappa shape index (κ2) is 3.23. The topological polar surface area (TPSA) is 43.4 Å². The van der Waals surface area contributed by atoms with Crippen molar-refractivity contribution < 1.29 is 8.83 Å². The molecule has 0 radical (unpaired) electrons. The van der Waals surface area contributed by atoms with Crippen LogP contribution in [0.3, 0.4) is 0 Å². The molecule has 2 heterocycles. The van der Waals surface area contributed by atoms with Gasteiger partial charge in [-0.3, -0.25) is 0 Å². The maximum absolute atomic E-state index is 11.4. The Morgan fingerprint density at radius 1 is 0.941 bits per heavy atom. The molecular weight excluding hydrogens is 216 g/mol. The zero-order valence-electron chi connectivity index (χ0n) is 9.96. The fourth-order valence-electron chi connectivity index (χ4n) is 2.06. The van der Waals surface area contributed by atoms with Gasteiger partial charge in [0.15, 0.2) is 0 Å². The summed E-state index contributed by atoms with van der Waals surface area (Å²) in [5.41, 5.74) is 2.79. The first-order valence-corrected chi connectivity index (χ1v) is 5.50. The third-order valence-electron chi connectivity index (χ3n) is 3.20. The van der Waals surface area contributed by atoms with Crippen LogP contribution in [-0.4, -0.2) is 0 Å². The summed E-state index contributed by atoms with van der Waals surface area (Å²) in [4.78, 5) is 11.4. The summed E-state index contributed by atoms with van der Waals surface area (Å²) in [6.45, 7) is 5.71. The van der Waals surface area contributed by atoms with Crippen molar-refractivity contribution in [2.24, 2.45) is 0 Å². The highest BCUT2D eigenvalue weighted by atomic mass is 16.4. The highest BCUT2D eigenvalue weighted by Gasteiger charge is 2.10. The molecule has 0 aliphatic carbocycles. The molecule has 1 aromatic carbocycles. The Hall–Kier alpha value is -2.03. The van der Waals surface area contributed by atoms with Crippen molar-refractivity contribution in [3.8, 4) is 0 Å². The smallest absolute Gasteiger partial charge is 0.339 e. The van der Waals surface area contributed by atoms with E-state index in [0.29, 0.717) is 11.1 Å². The van der Waals surface area contributed by atoms with Crippen LogP contribution >= 0.6 is 0 Å². The van der Waals surface area contributed by atoms with Crippen LogP contribution in [0.4, 0.5) is 0 Å². The molecule has 0 fully saturated rings. The lowest BCUT2D eigenvalue weighted by Crippen LogP contribution is -2.01. The SMILES string of the molecule is Cc1oc2cc3oc(=O)c(C)cc3cc2c1C. The third-order valence-corrected chi connectivity index (χ3v) is 3.20. The highest BCUT2D eigenvalue weighted by Crippen LogP contribution is 2.28. The Bertz CT molecular complexity index is 790. The van der Waals surface area contributed by atoms with Gasteiger partial charge in [0.05, 0.1) is 0 Å². The molecule has 3 rings (SSSR count). The van der Waals surface area contributed by atoms with Crippen LogP contribution in [0.2, 0.25) is 0 Å². The number of rotatable bonds is 0. The predicted octanol–water partition coefficient (Wildman–Crippen LogP) is 3.46. The Morgan fingerprint density at radius 3 is 2.47 bits per heavy atom. The fourth-order valence-corrected chi connectivity index (χ4v) is 2.06. The van der Waals surface area contributed by atoms with Gasteiger partial charge in [-0.2, -0.15) is 0 Å². The molecule has 0 bridgehead atoms. The van der Waals surface area contributed by atoms with Crippen molar-refractivity contribution in [1.29, 1.82) is 0 Å². The first-order chi connectivity index (χ1) is 8.06. The molecule has 86 valence electrons. The largest absolute Gasteiger partial charge is 0.461 e. The summed E-state index contributed by atoms with van der Waals surface area (Å²) in [5, 5.41) is 2.00. The van der Waals surface area contributed by atoms with Gasteiger partial charge in [0, 0.05) is 22.4 Å². The first kappa shape index (κ1) is 10.1. The van der Waals surface area contributed by atoms with Crippen molar-refractivity contribution >= 4 is 21.9 Å². The lowest BCUT2D eigenvalue weighted by Gasteiger charge is -1.98. The zero-order chi connectivity index (χ0) is 12.2. The van der Waals surface area contributed by atoms with Crippen LogP contribution < -0.4 is 5.63 Å². The molecule has 0 atom stereocenters. The first-order valence-electron chi connectivity index (χ1n) is 5.50. The van der Waals surface area contributed by atoms with Crippen molar-refractivity contribution in [1.82, 2.24) is 0 Å². The predicted molar refractivity (Wildman–Crippen MR) is 66.5 cm³/mol. The maximum Gasteiger partial charge on any atom is 0.339 e. The quantitative estimate of drug-likeness (QED) is 0.553. The molecule has 0 unspecified atom stereocenters. The molecule has 0 aliphatic rings. The number of hydrogen-bond donors (Lipinski definition) is 0. The number of hydrogen-bond acceptors (Lipinski definition) is 3. The van der Waals surface area contributed by atoms with E-state index in [1.54, 1.807) is 13.0 Å². The standard InChI is InChI=1S/C14H12O3/c1-7-4-10-5-11-8(2)9(3)16-13(11)6-12(10)17-14(7)15/h4-6H,1-3H3. The second-order valence-corrected chi connectivity index (χ2v) is 4.39. The molecule has 0 spiro atoms. The van der Waals surface area contributed by atoms with E-state index in [1.807, 2.05) is 26.0 Å². The van der Waals surface area contributed by atoms with E-state index in [-0.39, 0.29) is 5.63 Å². The Kier molecular flexibility index (Phi) is 1.93. The van der Waals surface area contributed by atoms with Gasteiger partial charge in [-0.25, -0.2) is 4.79 Å². The lowest BCUT2D eigenvalue weighted by atomic mass is 10.1. The van der Waals surface area contributed by atoms with Gasteiger partial charge in [0.2, 0.25) is 0 Å². The van der Waals surface area contributed by atoms with Gasteiger partial charge in [-0.05, 0) is 38.5 Å². The van der Waals surface area contributed by atoms with Crippen molar-refractivity contribution in [3.05, 3.63) is 45.5 Å². The molecule has 0 N–H and O–H groups in total. The minimum atomic E-state index is -0.295. The van der Waals surface area contributed by atoms with E-state index in [0.717, 1.165) is 27.7 Å². The van der Waals surface area contributed by atoms with Gasteiger partial charge < -0.3 is 8.83 Å². The molecule has 3 nitrogen and oxygen atoms in total. The van der Waals surface area contributed by atoms with Crippen LogP contribution in [0.5, 0.6) is 0 Å². The van der Waals surface area contributed by atoms with E-state index in [2.05, 4.69) is 0 Å². The van der Waals surface area contributed by atoms with E-state index >= 15 is 0 Å². The van der Waals surface area contributed by atoms with Gasteiger partial charge in [-0.15, -0.1) is 0 Å². The fraction of sp³-hybridized carbons (Fsp3) is 0.214. The lowest BCUT2D eigenvalue weighted by molar-refractivity contribution is 0.551. The number of benzene rings is 1. The molecule has 3 aromatic rings.